The number of hydrogen-bond acceptors (Lipinski definition) is 4. The van der Waals surface area contributed by atoms with Gasteiger partial charge in [0.25, 0.3) is 0 Å². The van der Waals surface area contributed by atoms with Crippen LogP contribution in [-0.2, 0) is 9.53 Å². The number of methoxy groups -OCH3 is 1. The fourth-order valence-electron chi connectivity index (χ4n) is 3.56. The van der Waals surface area contributed by atoms with Gasteiger partial charge in [-0.2, -0.15) is 0 Å². The molecule has 3 rings (SSSR count). The molecule has 0 bridgehead atoms. The maximum Gasteiger partial charge on any atom is 0.340 e. The first kappa shape index (κ1) is 17.8. The monoisotopic (exact) mass is 338 g/mol. The molecule has 2 aliphatic rings. The van der Waals surface area contributed by atoms with E-state index in [0.29, 0.717) is 11.3 Å². The standard InChI is InChI=1S/C17H22N2O3.ClH/c1-11-4-3-5-13(14(11)16(21)22-2)19-15(20)12-10-17(12)6-8-18-9-7-17;/h3-5,12,18H,6-10H2,1-2H3,(H,19,20);1H. The van der Waals surface area contributed by atoms with E-state index in [-0.39, 0.29) is 29.6 Å². The number of amides is 1. The largest absolute Gasteiger partial charge is 0.465 e. The highest BCUT2D eigenvalue weighted by Gasteiger charge is 2.57. The van der Waals surface area contributed by atoms with E-state index in [9.17, 15) is 9.59 Å². The Morgan fingerprint density at radius 1 is 1.30 bits per heavy atom. The van der Waals surface area contributed by atoms with Crippen LogP contribution in [0.4, 0.5) is 5.69 Å². The molecule has 1 spiro atoms. The van der Waals surface area contributed by atoms with Crippen LogP contribution in [0.25, 0.3) is 0 Å². The number of anilines is 1. The van der Waals surface area contributed by atoms with E-state index in [4.69, 9.17) is 4.74 Å². The molecule has 1 saturated carbocycles. The summed E-state index contributed by atoms with van der Waals surface area (Å²) in [6, 6.07) is 5.44. The zero-order chi connectivity index (χ0) is 15.7. The molecule has 1 aromatic rings. The minimum Gasteiger partial charge on any atom is -0.465 e. The first-order chi connectivity index (χ1) is 10.6. The number of piperidine rings is 1. The minimum absolute atomic E-state index is 0. The summed E-state index contributed by atoms with van der Waals surface area (Å²) in [5, 5.41) is 6.28. The zero-order valence-corrected chi connectivity index (χ0v) is 14.3. The molecule has 6 heteroatoms. The second kappa shape index (κ2) is 6.89. The number of esters is 1. The van der Waals surface area contributed by atoms with Crippen molar-refractivity contribution in [2.75, 3.05) is 25.5 Å². The Hall–Kier alpha value is -1.59. The molecule has 1 heterocycles. The Labute approximate surface area is 142 Å². The number of halogens is 1. The Kier molecular flexibility index (Phi) is 5.32. The highest BCUT2D eigenvalue weighted by Crippen LogP contribution is 2.58. The molecule has 1 amide bonds. The summed E-state index contributed by atoms with van der Waals surface area (Å²) in [6.07, 6.45) is 3.07. The number of aryl methyl sites for hydroxylation is 1. The van der Waals surface area contributed by atoms with Crippen molar-refractivity contribution in [2.45, 2.75) is 26.2 Å². The first-order valence-corrected chi connectivity index (χ1v) is 7.77. The second-order valence-electron chi connectivity index (χ2n) is 6.35. The lowest BCUT2D eigenvalue weighted by atomic mass is 9.91. The third kappa shape index (κ3) is 3.35. The normalized spacial score (nSPS) is 21.2. The molecule has 5 nitrogen and oxygen atoms in total. The third-order valence-corrected chi connectivity index (χ3v) is 5.03. The van der Waals surface area contributed by atoms with E-state index in [0.717, 1.165) is 37.9 Å². The molecular weight excluding hydrogens is 316 g/mol. The molecule has 126 valence electrons. The van der Waals surface area contributed by atoms with Crippen molar-refractivity contribution in [1.82, 2.24) is 5.32 Å². The highest BCUT2D eigenvalue weighted by molar-refractivity contribution is 6.03. The Morgan fingerprint density at radius 2 is 2.00 bits per heavy atom. The lowest BCUT2D eigenvalue weighted by molar-refractivity contribution is -0.118. The van der Waals surface area contributed by atoms with Gasteiger partial charge in [-0.15, -0.1) is 12.4 Å². The van der Waals surface area contributed by atoms with Crippen molar-refractivity contribution >= 4 is 30.0 Å². The summed E-state index contributed by atoms with van der Waals surface area (Å²) in [6.45, 7) is 3.82. The molecule has 1 aromatic carbocycles. The number of carbonyl (C=O) groups is 2. The molecule has 1 aliphatic carbocycles. The van der Waals surface area contributed by atoms with Crippen molar-refractivity contribution in [2.24, 2.45) is 11.3 Å². The summed E-state index contributed by atoms with van der Waals surface area (Å²) >= 11 is 0. The Morgan fingerprint density at radius 3 is 2.65 bits per heavy atom. The van der Waals surface area contributed by atoms with E-state index in [1.807, 2.05) is 19.1 Å². The van der Waals surface area contributed by atoms with Gasteiger partial charge in [-0.1, -0.05) is 12.1 Å². The zero-order valence-electron chi connectivity index (χ0n) is 13.5. The molecule has 0 radical (unpaired) electrons. The van der Waals surface area contributed by atoms with Gasteiger partial charge >= 0.3 is 5.97 Å². The molecule has 1 unspecified atom stereocenters. The van der Waals surface area contributed by atoms with Gasteiger partial charge in [0.1, 0.15) is 0 Å². The van der Waals surface area contributed by atoms with Crippen LogP contribution in [0.2, 0.25) is 0 Å². The molecule has 2 N–H and O–H groups in total. The van der Waals surface area contributed by atoms with Gasteiger partial charge in [-0.25, -0.2) is 4.79 Å². The van der Waals surface area contributed by atoms with E-state index in [1.165, 1.54) is 7.11 Å². The van der Waals surface area contributed by atoms with Gasteiger partial charge in [-0.3, -0.25) is 4.79 Å². The van der Waals surface area contributed by atoms with Crippen LogP contribution in [0.5, 0.6) is 0 Å². The molecule has 1 saturated heterocycles. The number of carbonyl (C=O) groups excluding carboxylic acids is 2. The van der Waals surface area contributed by atoms with Crippen LogP contribution in [0.15, 0.2) is 18.2 Å². The average molecular weight is 339 g/mol. The van der Waals surface area contributed by atoms with Crippen LogP contribution in [0.1, 0.15) is 35.2 Å². The number of benzene rings is 1. The summed E-state index contributed by atoms with van der Waals surface area (Å²) in [4.78, 5) is 24.5. The van der Waals surface area contributed by atoms with Crippen molar-refractivity contribution in [3.05, 3.63) is 29.3 Å². The fourth-order valence-corrected chi connectivity index (χ4v) is 3.56. The molecule has 23 heavy (non-hydrogen) atoms. The van der Waals surface area contributed by atoms with E-state index >= 15 is 0 Å². The lowest BCUT2D eigenvalue weighted by Gasteiger charge is -2.23. The maximum atomic E-state index is 12.5. The predicted molar refractivity (Wildman–Crippen MR) is 91.0 cm³/mol. The van der Waals surface area contributed by atoms with Crippen molar-refractivity contribution in [1.29, 1.82) is 0 Å². The van der Waals surface area contributed by atoms with Gasteiger partial charge in [-0.05, 0) is 56.3 Å². The van der Waals surface area contributed by atoms with E-state index in [2.05, 4.69) is 10.6 Å². The average Bonchev–Trinajstić information content (AvgIpc) is 3.21. The highest BCUT2D eigenvalue weighted by atomic mass is 35.5. The Bertz CT molecular complexity index is 612. The smallest absolute Gasteiger partial charge is 0.340 e. The van der Waals surface area contributed by atoms with Gasteiger partial charge in [0, 0.05) is 5.92 Å². The van der Waals surface area contributed by atoms with Crippen LogP contribution in [-0.4, -0.2) is 32.1 Å². The van der Waals surface area contributed by atoms with Gasteiger partial charge in [0.15, 0.2) is 0 Å². The molecule has 2 fully saturated rings. The van der Waals surface area contributed by atoms with Gasteiger partial charge in [0.2, 0.25) is 5.91 Å². The summed E-state index contributed by atoms with van der Waals surface area (Å²) in [5.74, 6) is -0.320. The topological polar surface area (TPSA) is 67.4 Å². The number of rotatable bonds is 3. The molecule has 0 aromatic heterocycles. The van der Waals surface area contributed by atoms with E-state index < -0.39 is 5.97 Å². The fraction of sp³-hybridized carbons (Fsp3) is 0.529. The van der Waals surface area contributed by atoms with E-state index in [1.54, 1.807) is 6.07 Å². The van der Waals surface area contributed by atoms with Gasteiger partial charge in [0.05, 0.1) is 18.4 Å². The summed E-state index contributed by atoms with van der Waals surface area (Å²) in [7, 11) is 1.35. The quantitative estimate of drug-likeness (QED) is 0.831. The Balaban J connectivity index is 0.00000192. The maximum absolute atomic E-state index is 12.5. The lowest BCUT2D eigenvalue weighted by Crippen LogP contribution is -2.31. The van der Waals surface area contributed by atoms with Crippen molar-refractivity contribution < 1.29 is 14.3 Å². The predicted octanol–water partition coefficient (Wildman–Crippen LogP) is 2.53. The van der Waals surface area contributed by atoms with Crippen LogP contribution in [0.3, 0.4) is 0 Å². The summed E-state index contributed by atoms with van der Waals surface area (Å²) in [5.41, 5.74) is 1.98. The SMILES string of the molecule is COC(=O)c1c(C)cccc1NC(=O)C1CC12CCNCC2.Cl. The van der Waals surface area contributed by atoms with Crippen molar-refractivity contribution in [3.63, 3.8) is 0 Å². The number of nitrogens with one attached hydrogen (secondary N) is 2. The number of ether oxygens (including phenoxy) is 1. The van der Waals surface area contributed by atoms with Crippen LogP contribution >= 0.6 is 12.4 Å². The molecule has 1 atom stereocenters. The molecular formula is C17H23ClN2O3. The van der Waals surface area contributed by atoms with Crippen LogP contribution in [0, 0.1) is 18.3 Å². The van der Waals surface area contributed by atoms with Crippen molar-refractivity contribution in [3.8, 4) is 0 Å². The molecule has 1 aliphatic heterocycles. The number of hydrogen-bond donors (Lipinski definition) is 2. The third-order valence-electron chi connectivity index (χ3n) is 5.03. The van der Waals surface area contributed by atoms with Gasteiger partial charge < -0.3 is 15.4 Å². The first-order valence-electron chi connectivity index (χ1n) is 7.77. The second-order valence-corrected chi connectivity index (χ2v) is 6.35. The minimum atomic E-state index is -0.416. The summed E-state index contributed by atoms with van der Waals surface area (Å²) < 4.78 is 4.83. The van der Waals surface area contributed by atoms with Crippen LogP contribution < -0.4 is 10.6 Å².